The maximum absolute atomic E-state index is 7.61. The minimum absolute atomic E-state index is 0. The molecular weight excluding hydrogens is 1070 g/mol. The quantitative estimate of drug-likeness (QED) is 0.123. The number of aromatic nitrogens is 4. The van der Waals surface area contributed by atoms with Crippen LogP contribution in [0.3, 0.4) is 0 Å². The standard InChI is InChI=1S/C52H47N2O.C15H17N2.Ir/c1-30(2)39-26-35(32-15-10-9-11-16-32)27-40(31(3)4)47(39)54-48-44(24-23-43-46(48)52(7,8)29-51(43,5)6)53-50(54)38-20-14-19-37-42-25-34-22-21-33-17-12-13-18-36(33)41(34)28-45(42)55-49(37)38;1-11-10-16-14(12-8-6-5-7-9-12)17-13(11)15(2,3)4;/h9-19,21-28,30-31H,29H2,1-8H3;5-8,10H,1-4H3;/q2*-1;/i;1D3;. The molecule has 0 aliphatic heterocycles. The number of aryl methyl sites for hydroxylation is 1. The summed E-state index contributed by atoms with van der Waals surface area (Å²) in [5.74, 6) is 1.90. The monoisotopic (exact) mass is 1140 g/mol. The summed E-state index contributed by atoms with van der Waals surface area (Å²) in [6.45, 7) is 22.6. The Morgan fingerprint density at radius 1 is 0.671 bits per heavy atom. The minimum Gasteiger partial charge on any atom is -0.501 e. The van der Waals surface area contributed by atoms with E-state index in [1.165, 1.54) is 72.3 Å². The van der Waals surface area contributed by atoms with Crippen molar-refractivity contribution < 1.29 is 28.6 Å². The van der Waals surface area contributed by atoms with Crippen molar-refractivity contribution in [1.82, 2.24) is 19.5 Å². The van der Waals surface area contributed by atoms with Crippen molar-refractivity contribution in [3.05, 3.63) is 191 Å². The van der Waals surface area contributed by atoms with Crippen LogP contribution in [0.2, 0.25) is 0 Å². The topological polar surface area (TPSA) is 56.7 Å². The van der Waals surface area contributed by atoms with Crippen LogP contribution >= 0.6 is 0 Å². The molecule has 12 rings (SSSR count). The van der Waals surface area contributed by atoms with Gasteiger partial charge in [0.05, 0.1) is 28.3 Å². The molecule has 0 spiro atoms. The third kappa shape index (κ3) is 8.71. The number of nitrogens with zero attached hydrogens (tertiary/aromatic N) is 4. The fraction of sp³-hybridized carbons (Fsp3) is 0.269. The van der Waals surface area contributed by atoms with Gasteiger partial charge in [-0.1, -0.05) is 160 Å². The van der Waals surface area contributed by atoms with Gasteiger partial charge < -0.3 is 8.98 Å². The van der Waals surface area contributed by atoms with Crippen LogP contribution in [-0.4, -0.2) is 19.5 Å². The minimum atomic E-state index is -2.21. The average Bonchev–Trinajstić information content (AvgIpc) is 4.17. The fourth-order valence-electron chi connectivity index (χ4n) is 11.7. The van der Waals surface area contributed by atoms with Crippen LogP contribution in [-0.2, 0) is 36.4 Å². The van der Waals surface area contributed by atoms with E-state index in [4.69, 9.17) is 13.5 Å². The molecule has 3 heterocycles. The zero-order valence-electron chi connectivity index (χ0n) is 46.7. The predicted octanol–water partition coefficient (Wildman–Crippen LogP) is 18.1. The van der Waals surface area contributed by atoms with E-state index < -0.39 is 6.85 Å². The molecule has 0 amide bonds. The van der Waals surface area contributed by atoms with E-state index in [1.807, 2.05) is 39.0 Å². The van der Waals surface area contributed by atoms with Crippen molar-refractivity contribution in [3.63, 3.8) is 0 Å². The summed E-state index contributed by atoms with van der Waals surface area (Å²) in [5, 5.41) is 7.06. The molecule has 1 aliphatic rings. The summed E-state index contributed by atoms with van der Waals surface area (Å²) < 4.78 is 32.4. The number of imidazole rings is 1. The van der Waals surface area contributed by atoms with Crippen molar-refractivity contribution in [3.8, 4) is 39.6 Å². The molecule has 0 saturated carbocycles. The molecule has 8 aromatic carbocycles. The molecule has 1 aliphatic carbocycles. The molecule has 1 radical (unpaired) electrons. The average molecular weight is 1140 g/mol. The van der Waals surface area contributed by atoms with Gasteiger partial charge in [0.15, 0.2) is 0 Å². The van der Waals surface area contributed by atoms with Crippen LogP contribution in [0, 0.1) is 19.0 Å². The molecule has 0 saturated heterocycles. The molecule has 73 heavy (non-hydrogen) atoms. The Morgan fingerprint density at radius 3 is 2.08 bits per heavy atom. The van der Waals surface area contributed by atoms with Crippen molar-refractivity contribution in [1.29, 1.82) is 0 Å². The summed E-state index contributed by atoms with van der Waals surface area (Å²) in [5.41, 5.74) is 15.1. The van der Waals surface area contributed by atoms with Gasteiger partial charge in [0.25, 0.3) is 0 Å². The van der Waals surface area contributed by atoms with Gasteiger partial charge in [-0.05, 0) is 127 Å². The van der Waals surface area contributed by atoms with Gasteiger partial charge in [-0.25, -0.2) is 0 Å². The Bertz CT molecular complexity index is 3980. The van der Waals surface area contributed by atoms with Crippen LogP contribution in [0.1, 0.15) is 132 Å². The van der Waals surface area contributed by atoms with Gasteiger partial charge in [0.1, 0.15) is 5.58 Å². The molecular formula is C67H64IrN4O-2. The number of hydrogen-bond donors (Lipinski definition) is 0. The largest absolute Gasteiger partial charge is 0.501 e. The molecule has 0 fully saturated rings. The van der Waals surface area contributed by atoms with E-state index in [0.29, 0.717) is 11.5 Å². The summed E-state index contributed by atoms with van der Waals surface area (Å²) in [7, 11) is 0. The van der Waals surface area contributed by atoms with E-state index in [9.17, 15) is 0 Å². The summed E-state index contributed by atoms with van der Waals surface area (Å²) in [4.78, 5) is 14.3. The first-order valence-corrected chi connectivity index (χ1v) is 25.4. The predicted molar refractivity (Wildman–Crippen MR) is 302 cm³/mol. The zero-order valence-corrected chi connectivity index (χ0v) is 46.1. The second kappa shape index (κ2) is 18.6. The molecule has 11 aromatic rings. The maximum Gasteiger partial charge on any atom is 0.121 e. The van der Waals surface area contributed by atoms with Gasteiger partial charge in [-0.15, -0.1) is 54.1 Å². The van der Waals surface area contributed by atoms with E-state index in [-0.39, 0.29) is 53.7 Å². The normalized spacial score (nSPS) is 14.8. The van der Waals surface area contributed by atoms with Crippen molar-refractivity contribution in [2.45, 2.75) is 118 Å². The Morgan fingerprint density at radius 2 is 1.38 bits per heavy atom. The van der Waals surface area contributed by atoms with Crippen LogP contribution in [0.5, 0.6) is 0 Å². The summed E-state index contributed by atoms with van der Waals surface area (Å²) >= 11 is 0. The van der Waals surface area contributed by atoms with Gasteiger partial charge in [0, 0.05) is 52.6 Å². The van der Waals surface area contributed by atoms with E-state index in [0.717, 1.165) is 50.8 Å². The second-order valence-electron chi connectivity index (χ2n) is 22.8. The number of fused-ring (bicyclic) bond motifs is 9. The Balaban J connectivity index is 0.000000264. The Labute approximate surface area is 448 Å². The summed E-state index contributed by atoms with van der Waals surface area (Å²) in [6.07, 6.45) is 2.49. The first-order valence-electron chi connectivity index (χ1n) is 26.9. The molecule has 6 heteroatoms. The van der Waals surface area contributed by atoms with E-state index >= 15 is 0 Å². The van der Waals surface area contributed by atoms with Gasteiger partial charge in [-0.2, -0.15) is 0 Å². The first-order chi connectivity index (χ1) is 35.6. The van der Waals surface area contributed by atoms with Crippen molar-refractivity contribution in [2.75, 3.05) is 0 Å². The van der Waals surface area contributed by atoms with Gasteiger partial charge >= 0.3 is 0 Å². The maximum atomic E-state index is 7.61. The number of hydrogen-bond acceptors (Lipinski definition) is 4. The van der Waals surface area contributed by atoms with Crippen molar-refractivity contribution >= 4 is 54.5 Å². The second-order valence-corrected chi connectivity index (χ2v) is 22.8. The van der Waals surface area contributed by atoms with Gasteiger partial charge in [-0.3, -0.25) is 15.0 Å². The summed E-state index contributed by atoms with van der Waals surface area (Å²) in [6, 6.07) is 56.2. The van der Waals surface area contributed by atoms with Crippen LogP contribution < -0.4 is 0 Å². The molecule has 0 atom stereocenters. The number of furan rings is 1. The molecule has 5 nitrogen and oxygen atoms in total. The number of rotatable bonds is 6. The van der Waals surface area contributed by atoms with Gasteiger partial charge in [0.2, 0.25) is 0 Å². The van der Waals surface area contributed by atoms with E-state index in [2.05, 4.69) is 197 Å². The van der Waals surface area contributed by atoms with E-state index in [1.54, 1.807) is 6.07 Å². The van der Waals surface area contributed by atoms with Crippen LogP contribution in [0.4, 0.5) is 0 Å². The fourth-order valence-corrected chi connectivity index (χ4v) is 11.7. The first kappa shape index (κ1) is 46.1. The Hall–Kier alpha value is -6.72. The zero-order chi connectivity index (χ0) is 52.9. The molecule has 369 valence electrons. The number of benzene rings is 8. The van der Waals surface area contributed by atoms with Crippen LogP contribution in [0.25, 0.3) is 94.1 Å². The molecule has 0 N–H and O–H groups in total. The Kier molecular flexibility index (Phi) is 11.8. The molecule has 0 unspecified atom stereocenters. The third-order valence-electron chi connectivity index (χ3n) is 14.8. The molecule has 3 aromatic heterocycles. The van der Waals surface area contributed by atoms with Crippen molar-refractivity contribution in [2.24, 2.45) is 0 Å². The molecule has 0 bridgehead atoms. The third-order valence-corrected chi connectivity index (χ3v) is 14.8. The smallest absolute Gasteiger partial charge is 0.121 e. The SMILES string of the molecule is CC(C)c1cc(-c2ccccc2)cc(C(C)C)c1-n1c(-c2[c-]ccc3c2oc2cc4c(ccc5ccccc54)cc23)nc2ccc3c(c21)C(C)(C)CC3(C)C.[2H]C([2H])([2H])c1cnc(-c2[c-]cccc2)nc1C(C)(C)C.[Ir]. The van der Waals surface area contributed by atoms with Crippen LogP contribution in [0.15, 0.2) is 150 Å².